The van der Waals surface area contributed by atoms with Crippen LogP contribution in [0, 0.1) is 6.85 Å². The van der Waals surface area contributed by atoms with Gasteiger partial charge in [-0.2, -0.15) is 0 Å². The first-order chi connectivity index (χ1) is 18.0. The lowest BCUT2D eigenvalue weighted by atomic mass is 10.0. The number of pyridine rings is 1. The summed E-state index contributed by atoms with van der Waals surface area (Å²) in [4.78, 5) is 4.57. The minimum Gasteiger partial charge on any atom is -0.455 e. The fraction of sp³-hybridized carbons (Fsp3) is 0.233. The van der Waals surface area contributed by atoms with Gasteiger partial charge in [-0.25, -0.2) is 8.78 Å². The number of para-hydroxylation sites is 1. The quantitative estimate of drug-likeness (QED) is 0.240. The highest BCUT2D eigenvalue weighted by atomic mass is 28.3. The van der Waals surface area contributed by atoms with Gasteiger partial charge in [0, 0.05) is 39.5 Å². The van der Waals surface area contributed by atoms with Gasteiger partial charge in [0.15, 0.2) is 0 Å². The Morgan fingerprint density at radius 2 is 1.71 bits per heavy atom. The first-order valence-electron chi connectivity index (χ1n) is 13.4. The standard InChI is InChI=1S/C30H27F2NOSi/c1-20-19-33-26(18-28(20)35(2)15-13-30(31,32)14-16-35)25-10-6-9-24-23-12-11-22(17-27(23)34-29(24)25)21-7-4-3-5-8-21/h3-12,17-19H,13-16H2,1-2H3/i1D3. The van der Waals surface area contributed by atoms with E-state index >= 15 is 0 Å². The Bertz CT molecular complexity index is 1650. The van der Waals surface area contributed by atoms with Crippen LogP contribution < -0.4 is 5.19 Å². The Labute approximate surface area is 208 Å². The van der Waals surface area contributed by atoms with Gasteiger partial charge in [-0.05, 0) is 59.9 Å². The van der Waals surface area contributed by atoms with Crippen LogP contribution in [0.2, 0.25) is 18.6 Å². The second-order valence-corrected chi connectivity index (χ2v) is 14.6. The molecule has 1 fully saturated rings. The summed E-state index contributed by atoms with van der Waals surface area (Å²) in [6.45, 7) is -0.334. The van der Waals surface area contributed by atoms with Gasteiger partial charge in [-0.15, -0.1) is 0 Å². The summed E-state index contributed by atoms with van der Waals surface area (Å²) >= 11 is 0. The number of fused-ring (bicyclic) bond motifs is 3. The molecule has 3 heterocycles. The van der Waals surface area contributed by atoms with Gasteiger partial charge in [0.1, 0.15) is 11.2 Å². The third kappa shape index (κ3) is 3.88. The van der Waals surface area contributed by atoms with Crippen molar-refractivity contribution in [2.45, 2.75) is 44.3 Å². The number of benzene rings is 3. The van der Waals surface area contributed by atoms with Gasteiger partial charge in [0.2, 0.25) is 5.92 Å². The van der Waals surface area contributed by atoms with E-state index in [0.29, 0.717) is 28.6 Å². The molecule has 2 aromatic heterocycles. The fourth-order valence-corrected chi connectivity index (χ4v) is 9.17. The Balaban J connectivity index is 1.50. The second kappa shape index (κ2) is 8.13. The maximum atomic E-state index is 14.0. The number of alkyl halides is 2. The SMILES string of the molecule is [2H]C([2H])([2H])c1cnc(-c2cccc3c2oc2cc(-c4ccccc4)ccc23)cc1[Si]1(C)CCC(F)(F)CC1. The van der Waals surface area contributed by atoms with Crippen molar-refractivity contribution in [3.8, 4) is 22.4 Å². The molecule has 0 radical (unpaired) electrons. The molecule has 2 nitrogen and oxygen atoms in total. The summed E-state index contributed by atoms with van der Waals surface area (Å²) in [6, 6.07) is 24.7. The van der Waals surface area contributed by atoms with E-state index in [0.717, 1.165) is 33.0 Å². The third-order valence-corrected chi connectivity index (χ3v) is 11.9. The molecule has 0 amide bonds. The highest BCUT2D eigenvalue weighted by Gasteiger charge is 2.43. The topological polar surface area (TPSA) is 26.0 Å². The lowest BCUT2D eigenvalue weighted by Gasteiger charge is -2.37. The van der Waals surface area contributed by atoms with Crippen LogP contribution in [-0.4, -0.2) is 19.0 Å². The van der Waals surface area contributed by atoms with Crippen molar-refractivity contribution in [3.63, 3.8) is 0 Å². The number of nitrogens with zero attached hydrogens (tertiary/aromatic N) is 1. The maximum Gasteiger partial charge on any atom is 0.247 e. The normalized spacial score (nSPS) is 18.8. The Hall–Kier alpha value is -3.31. The van der Waals surface area contributed by atoms with Crippen molar-refractivity contribution in [1.82, 2.24) is 4.98 Å². The molecule has 0 bridgehead atoms. The molecule has 0 saturated carbocycles. The molecule has 0 spiro atoms. The molecule has 35 heavy (non-hydrogen) atoms. The molecule has 0 unspecified atom stereocenters. The molecule has 176 valence electrons. The number of halogens is 2. The van der Waals surface area contributed by atoms with Gasteiger partial charge in [0.25, 0.3) is 0 Å². The van der Waals surface area contributed by atoms with Crippen molar-refractivity contribution in [3.05, 3.63) is 84.6 Å². The van der Waals surface area contributed by atoms with E-state index in [1.54, 1.807) is 0 Å². The predicted molar refractivity (Wildman–Crippen MR) is 142 cm³/mol. The molecule has 1 aliphatic heterocycles. The smallest absolute Gasteiger partial charge is 0.247 e. The molecule has 6 rings (SSSR count). The summed E-state index contributed by atoms with van der Waals surface area (Å²) in [5, 5.41) is 2.63. The number of hydrogen-bond acceptors (Lipinski definition) is 2. The van der Waals surface area contributed by atoms with Gasteiger partial charge in [0.05, 0.1) is 13.8 Å². The molecule has 1 aliphatic rings. The number of aromatic nitrogens is 1. The van der Waals surface area contributed by atoms with E-state index in [1.807, 2.05) is 55.1 Å². The molecule has 5 heteroatoms. The van der Waals surface area contributed by atoms with Crippen LogP contribution in [0.4, 0.5) is 8.78 Å². The van der Waals surface area contributed by atoms with Crippen molar-refractivity contribution in [2.75, 3.05) is 0 Å². The van der Waals surface area contributed by atoms with Crippen LogP contribution >= 0.6 is 0 Å². The van der Waals surface area contributed by atoms with Gasteiger partial charge in [-0.3, -0.25) is 4.98 Å². The van der Waals surface area contributed by atoms with Crippen LogP contribution in [0.1, 0.15) is 22.5 Å². The number of hydrogen-bond donors (Lipinski definition) is 0. The monoisotopic (exact) mass is 486 g/mol. The van der Waals surface area contributed by atoms with Crippen molar-refractivity contribution in [2.24, 2.45) is 0 Å². The maximum absolute atomic E-state index is 14.0. The largest absolute Gasteiger partial charge is 0.455 e. The van der Waals surface area contributed by atoms with E-state index in [-0.39, 0.29) is 18.4 Å². The summed E-state index contributed by atoms with van der Waals surface area (Å²) in [5.41, 5.74) is 5.12. The minimum absolute atomic E-state index is 0.185. The van der Waals surface area contributed by atoms with E-state index in [2.05, 4.69) is 29.2 Å². The first-order valence-corrected chi connectivity index (χ1v) is 14.9. The number of rotatable bonds is 3. The molecular formula is C30H27F2NOSi. The van der Waals surface area contributed by atoms with E-state index in [9.17, 15) is 8.78 Å². The fourth-order valence-electron chi connectivity index (χ4n) is 5.35. The Morgan fingerprint density at radius 1 is 0.914 bits per heavy atom. The zero-order chi connectivity index (χ0) is 26.7. The summed E-state index contributed by atoms with van der Waals surface area (Å²) < 4.78 is 58.8. The molecule has 5 aromatic rings. The minimum atomic E-state index is -2.68. The van der Waals surface area contributed by atoms with E-state index < -0.39 is 20.8 Å². The Kier molecular flexibility index (Phi) is 4.40. The van der Waals surface area contributed by atoms with Crippen molar-refractivity contribution < 1.29 is 17.3 Å². The third-order valence-electron chi connectivity index (χ3n) is 7.52. The van der Waals surface area contributed by atoms with E-state index in [4.69, 9.17) is 8.53 Å². The lowest BCUT2D eigenvalue weighted by Crippen LogP contribution is -2.50. The molecule has 0 aliphatic carbocycles. The highest BCUT2D eigenvalue weighted by molar-refractivity contribution is 6.91. The van der Waals surface area contributed by atoms with Crippen molar-refractivity contribution >= 4 is 35.2 Å². The van der Waals surface area contributed by atoms with Gasteiger partial charge >= 0.3 is 0 Å². The van der Waals surface area contributed by atoms with Crippen LogP contribution in [0.25, 0.3) is 44.3 Å². The number of furan rings is 1. The van der Waals surface area contributed by atoms with E-state index in [1.165, 1.54) is 6.20 Å². The molecule has 3 aromatic carbocycles. The summed E-state index contributed by atoms with van der Waals surface area (Å²) in [5.74, 6) is -2.68. The van der Waals surface area contributed by atoms with Gasteiger partial charge in [-0.1, -0.05) is 60.3 Å². The molecule has 0 N–H and O–H groups in total. The van der Waals surface area contributed by atoms with Gasteiger partial charge < -0.3 is 4.42 Å². The van der Waals surface area contributed by atoms with Crippen molar-refractivity contribution in [1.29, 1.82) is 0 Å². The van der Waals surface area contributed by atoms with Crippen LogP contribution in [0.5, 0.6) is 0 Å². The van der Waals surface area contributed by atoms with Crippen LogP contribution in [-0.2, 0) is 0 Å². The lowest BCUT2D eigenvalue weighted by molar-refractivity contribution is -0.0114. The summed E-state index contributed by atoms with van der Waals surface area (Å²) in [7, 11) is -2.47. The zero-order valence-corrected chi connectivity index (χ0v) is 20.4. The summed E-state index contributed by atoms with van der Waals surface area (Å²) in [6.07, 6.45) is 1.03. The Morgan fingerprint density at radius 3 is 2.49 bits per heavy atom. The highest BCUT2D eigenvalue weighted by Crippen LogP contribution is 2.40. The molecular weight excluding hydrogens is 456 g/mol. The average Bonchev–Trinajstić information content (AvgIpc) is 3.28. The number of aryl methyl sites for hydroxylation is 1. The zero-order valence-electron chi connectivity index (χ0n) is 22.4. The second-order valence-electron chi connectivity index (χ2n) is 9.89. The average molecular weight is 487 g/mol. The van der Waals surface area contributed by atoms with Crippen LogP contribution in [0.3, 0.4) is 0 Å². The molecule has 1 saturated heterocycles. The van der Waals surface area contributed by atoms with Crippen LogP contribution in [0.15, 0.2) is 83.4 Å². The first kappa shape index (κ1) is 18.9. The predicted octanol–water partition coefficient (Wildman–Crippen LogP) is 8.34. The molecule has 0 atom stereocenters.